The summed E-state index contributed by atoms with van der Waals surface area (Å²) in [6.45, 7) is 2.10. The Balaban J connectivity index is 1.42. The lowest BCUT2D eigenvalue weighted by atomic mass is 9.94. The maximum Gasteiger partial charge on any atom is 0.234 e. The summed E-state index contributed by atoms with van der Waals surface area (Å²) in [4.78, 5) is 14.2. The fourth-order valence-electron chi connectivity index (χ4n) is 3.28. The number of aromatic amines is 1. The standard InChI is InChI=1S/C14H22N4O3S/c19-14(16-12-4-8-22(20,21)10-12)9-18-6-2-11(3-7-18)13-1-5-15-17-13/h1,5,11-12H,2-4,6-10H2,(H,15,17)(H,16,19). The van der Waals surface area contributed by atoms with E-state index in [1.165, 1.54) is 5.69 Å². The molecule has 1 amide bonds. The molecule has 22 heavy (non-hydrogen) atoms. The summed E-state index contributed by atoms with van der Waals surface area (Å²) < 4.78 is 22.8. The molecule has 7 nitrogen and oxygen atoms in total. The second kappa shape index (κ2) is 6.37. The van der Waals surface area contributed by atoms with Crippen molar-refractivity contribution in [3.63, 3.8) is 0 Å². The summed E-state index contributed by atoms with van der Waals surface area (Å²) in [5.74, 6) is 0.692. The highest BCUT2D eigenvalue weighted by Gasteiger charge is 2.29. The molecule has 1 unspecified atom stereocenters. The molecule has 0 spiro atoms. The fourth-order valence-corrected chi connectivity index (χ4v) is 4.95. The molecule has 1 atom stereocenters. The molecule has 3 heterocycles. The van der Waals surface area contributed by atoms with Crippen LogP contribution in [0.4, 0.5) is 0 Å². The van der Waals surface area contributed by atoms with Crippen molar-refractivity contribution in [1.82, 2.24) is 20.4 Å². The zero-order valence-electron chi connectivity index (χ0n) is 12.5. The first-order valence-corrected chi connectivity index (χ1v) is 9.55. The number of piperidine rings is 1. The number of amides is 1. The summed E-state index contributed by atoms with van der Waals surface area (Å²) in [6, 6.07) is 1.80. The van der Waals surface area contributed by atoms with Gasteiger partial charge in [-0.15, -0.1) is 0 Å². The number of nitrogens with zero attached hydrogens (tertiary/aromatic N) is 2. The molecule has 1 aromatic heterocycles. The van der Waals surface area contributed by atoms with Gasteiger partial charge in [0.15, 0.2) is 9.84 Å². The van der Waals surface area contributed by atoms with Gasteiger partial charge >= 0.3 is 0 Å². The molecule has 0 saturated carbocycles. The molecule has 8 heteroatoms. The van der Waals surface area contributed by atoms with Gasteiger partial charge in [-0.3, -0.25) is 14.8 Å². The number of rotatable bonds is 4. The molecule has 2 fully saturated rings. The van der Waals surface area contributed by atoms with Crippen molar-refractivity contribution in [2.75, 3.05) is 31.1 Å². The van der Waals surface area contributed by atoms with Gasteiger partial charge in [-0.25, -0.2) is 8.42 Å². The Kier molecular flexibility index (Phi) is 4.49. The highest BCUT2D eigenvalue weighted by Crippen LogP contribution is 2.25. The molecule has 2 aliphatic heterocycles. The SMILES string of the molecule is O=C(CN1CCC(c2ccn[nH]2)CC1)NC1CCS(=O)(=O)C1. The second-order valence-corrected chi connectivity index (χ2v) is 8.46. The normalized spacial score (nSPS) is 26.1. The molecule has 122 valence electrons. The Labute approximate surface area is 130 Å². The number of likely N-dealkylation sites (tertiary alicyclic amines) is 1. The average Bonchev–Trinajstić information content (AvgIpc) is 3.09. The lowest BCUT2D eigenvalue weighted by Gasteiger charge is -2.31. The Hall–Kier alpha value is -1.41. The summed E-state index contributed by atoms with van der Waals surface area (Å²) >= 11 is 0. The van der Waals surface area contributed by atoms with Crippen LogP contribution in [0.2, 0.25) is 0 Å². The van der Waals surface area contributed by atoms with Gasteiger partial charge in [-0.05, 0) is 38.4 Å². The minimum Gasteiger partial charge on any atom is -0.351 e. The number of aromatic nitrogens is 2. The van der Waals surface area contributed by atoms with E-state index in [1.54, 1.807) is 6.20 Å². The number of hydrogen-bond acceptors (Lipinski definition) is 5. The number of nitrogens with one attached hydrogen (secondary N) is 2. The number of hydrogen-bond donors (Lipinski definition) is 2. The molecule has 3 rings (SSSR count). The molecular weight excluding hydrogens is 304 g/mol. The van der Waals surface area contributed by atoms with E-state index in [-0.39, 0.29) is 23.5 Å². The Morgan fingerprint density at radius 2 is 2.14 bits per heavy atom. The summed E-state index contributed by atoms with van der Waals surface area (Å²) in [6.07, 6.45) is 4.32. The Morgan fingerprint density at radius 3 is 2.73 bits per heavy atom. The third kappa shape index (κ3) is 3.86. The van der Waals surface area contributed by atoms with E-state index >= 15 is 0 Å². The molecule has 2 aliphatic rings. The highest BCUT2D eigenvalue weighted by molar-refractivity contribution is 7.91. The van der Waals surface area contributed by atoms with Gasteiger partial charge in [0, 0.05) is 23.9 Å². The van der Waals surface area contributed by atoms with Gasteiger partial charge in [0.2, 0.25) is 5.91 Å². The van der Waals surface area contributed by atoms with Crippen LogP contribution < -0.4 is 5.32 Å². The highest BCUT2D eigenvalue weighted by atomic mass is 32.2. The minimum absolute atomic E-state index is 0.0675. The van der Waals surface area contributed by atoms with Crippen molar-refractivity contribution in [3.8, 4) is 0 Å². The molecule has 1 aromatic rings. The fraction of sp³-hybridized carbons (Fsp3) is 0.714. The number of carbonyl (C=O) groups is 1. The maximum absolute atomic E-state index is 12.0. The third-order valence-electron chi connectivity index (χ3n) is 4.51. The smallest absolute Gasteiger partial charge is 0.234 e. The van der Waals surface area contributed by atoms with Crippen LogP contribution in [-0.4, -0.2) is 66.6 Å². The van der Waals surface area contributed by atoms with Crippen LogP contribution in [0.25, 0.3) is 0 Å². The molecule has 0 bridgehead atoms. The zero-order chi connectivity index (χ0) is 15.6. The van der Waals surface area contributed by atoms with Crippen LogP contribution in [0.15, 0.2) is 12.3 Å². The lowest BCUT2D eigenvalue weighted by Crippen LogP contribution is -2.44. The van der Waals surface area contributed by atoms with E-state index in [2.05, 4.69) is 20.4 Å². The maximum atomic E-state index is 12.0. The summed E-state index contributed by atoms with van der Waals surface area (Å²) in [5.41, 5.74) is 1.17. The van der Waals surface area contributed by atoms with Gasteiger partial charge in [-0.2, -0.15) is 5.10 Å². The largest absolute Gasteiger partial charge is 0.351 e. The van der Waals surface area contributed by atoms with Gasteiger partial charge in [-0.1, -0.05) is 0 Å². The minimum atomic E-state index is -2.94. The van der Waals surface area contributed by atoms with Crippen molar-refractivity contribution >= 4 is 15.7 Å². The monoisotopic (exact) mass is 326 g/mol. The first kappa shape index (κ1) is 15.5. The Morgan fingerprint density at radius 1 is 1.36 bits per heavy atom. The van der Waals surface area contributed by atoms with Gasteiger partial charge in [0.1, 0.15) is 0 Å². The molecule has 0 aliphatic carbocycles. The predicted octanol–water partition coefficient (Wildman–Crippen LogP) is -0.108. The Bertz CT molecular complexity index is 606. The van der Waals surface area contributed by atoms with E-state index < -0.39 is 9.84 Å². The van der Waals surface area contributed by atoms with Crippen molar-refractivity contribution in [2.45, 2.75) is 31.2 Å². The molecular formula is C14H22N4O3S. The van der Waals surface area contributed by atoms with E-state index in [9.17, 15) is 13.2 Å². The van der Waals surface area contributed by atoms with Crippen molar-refractivity contribution in [3.05, 3.63) is 18.0 Å². The van der Waals surface area contributed by atoms with Crippen molar-refractivity contribution in [1.29, 1.82) is 0 Å². The summed E-state index contributed by atoms with van der Waals surface area (Å²) in [5, 5.41) is 9.84. The van der Waals surface area contributed by atoms with E-state index in [1.807, 2.05) is 6.07 Å². The second-order valence-electron chi connectivity index (χ2n) is 6.23. The lowest BCUT2D eigenvalue weighted by molar-refractivity contribution is -0.123. The van der Waals surface area contributed by atoms with Crippen LogP contribution in [0, 0.1) is 0 Å². The van der Waals surface area contributed by atoms with E-state index in [4.69, 9.17) is 0 Å². The molecule has 2 N–H and O–H groups in total. The summed E-state index contributed by atoms with van der Waals surface area (Å²) in [7, 11) is -2.94. The van der Waals surface area contributed by atoms with Gasteiger partial charge in [0.05, 0.1) is 18.1 Å². The predicted molar refractivity (Wildman–Crippen MR) is 82.2 cm³/mol. The molecule has 2 saturated heterocycles. The first-order chi connectivity index (χ1) is 10.5. The number of carbonyl (C=O) groups excluding carboxylic acids is 1. The number of sulfone groups is 1. The van der Waals surface area contributed by atoms with Crippen LogP contribution >= 0.6 is 0 Å². The van der Waals surface area contributed by atoms with Gasteiger partial charge in [0.25, 0.3) is 0 Å². The average molecular weight is 326 g/mol. The zero-order valence-corrected chi connectivity index (χ0v) is 13.3. The molecule has 0 aromatic carbocycles. The number of H-pyrrole nitrogens is 1. The van der Waals surface area contributed by atoms with Crippen molar-refractivity contribution in [2.24, 2.45) is 0 Å². The first-order valence-electron chi connectivity index (χ1n) is 7.73. The van der Waals surface area contributed by atoms with Crippen LogP contribution in [0.1, 0.15) is 30.9 Å². The van der Waals surface area contributed by atoms with E-state index in [0.717, 1.165) is 25.9 Å². The van der Waals surface area contributed by atoms with Crippen LogP contribution in [0.5, 0.6) is 0 Å². The van der Waals surface area contributed by atoms with Crippen LogP contribution in [0.3, 0.4) is 0 Å². The third-order valence-corrected chi connectivity index (χ3v) is 6.28. The topological polar surface area (TPSA) is 95.2 Å². The van der Waals surface area contributed by atoms with Crippen LogP contribution in [-0.2, 0) is 14.6 Å². The quantitative estimate of drug-likeness (QED) is 0.805. The molecule has 0 radical (unpaired) electrons. The van der Waals surface area contributed by atoms with Gasteiger partial charge < -0.3 is 5.32 Å². The van der Waals surface area contributed by atoms with E-state index in [0.29, 0.717) is 18.9 Å². The van der Waals surface area contributed by atoms with Crippen molar-refractivity contribution < 1.29 is 13.2 Å².